The minimum Gasteiger partial charge on any atom is -0.506 e. The van der Waals surface area contributed by atoms with Crippen molar-refractivity contribution in [1.82, 2.24) is 0 Å². The van der Waals surface area contributed by atoms with Gasteiger partial charge >= 0.3 is 17.9 Å². The Bertz CT molecular complexity index is 1180. The standard InChI is InChI=1S/C25H24ClN3O8/c1-2-21(31)35-14-15-36-22(32)12-13-23(33)37-16-20(30)24(25(34)27-17-8-4-3-5-9-17)29-28-19-11-7-6-10-18(19)26/h2-11,30H,1,12-16H2,(H,27,34)/b24-20+,29-28?. The van der Waals surface area contributed by atoms with Crippen LogP contribution in [-0.2, 0) is 33.4 Å². The number of benzene rings is 2. The topological polar surface area (TPSA) is 153 Å². The zero-order valence-electron chi connectivity index (χ0n) is 19.6. The number of amides is 1. The first-order valence-corrected chi connectivity index (χ1v) is 11.2. The van der Waals surface area contributed by atoms with Gasteiger partial charge in [0.05, 0.1) is 17.9 Å². The van der Waals surface area contributed by atoms with E-state index in [1.807, 2.05) is 0 Å². The Kier molecular flexibility index (Phi) is 12.0. The van der Waals surface area contributed by atoms with Gasteiger partial charge in [-0.2, -0.15) is 0 Å². The summed E-state index contributed by atoms with van der Waals surface area (Å²) in [6, 6.07) is 14.9. The minimum atomic E-state index is -0.840. The van der Waals surface area contributed by atoms with Crippen molar-refractivity contribution in [3.63, 3.8) is 0 Å². The molecule has 0 fully saturated rings. The van der Waals surface area contributed by atoms with Crippen LogP contribution in [0.15, 0.2) is 88.9 Å². The monoisotopic (exact) mass is 529 g/mol. The summed E-state index contributed by atoms with van der Waals surface area (Å²) in [6.07, 6.45) is 0.300. The summed E-state index contributed by atoms with van der Waals surface area (Å²) in [5.74, 6) is -3.70. The molecule has 0 saturated heterocycles. The highest BCUT2D eigenvalue weighted by molar-refractivity contribution is 6.32. The molecule has 0 aliphatic heterocycles. The first kappa shape index (κ1) is 28.7. The van der Waals surface area contributed by atoms with E-state index in [-0.39, 0.29) is 36.8 Å². The van der Waals surface area contributed by atoms with Crippen molar-refractivity contribution in [3.05, 3.63) is 83.7 Å². The van der Waals surface area contributed by atoms with Crippen LogP contribution in [-0.4, -0.2) is 48.7 Å². The minimum absolute atomic E-state index is 0.156. The first-order valence-electron chi connectivity index (χ1n) is 10.9. The van der Waals surface area contributed by atoms with Crippen LogP contribution in [0.3, 0.4) is 0 Å². The van der Waals surface area contributed by atoms with Crippen molar-refractivity contribution in [2.24, 2.45) is 10.2 Å². The molecule has 194 valence electrons. The van der Waals surface area contributed by atoms with Crippen molar-refractivity contribution < 1.29 is 38.5 Å². The van der Waals surface area contributed by atoms with Gasteiger partial charge in [-0.1, -0.05) is 48.5 Å². The third kappa shape index (κ3) is 10.7. The SMILES string of the molecule is C=CC(=O)OCCOC(=O)CCC(=O)OC/C(O)=C(\N=Nc1ccccc1Cl)C(=O)Nc1ccccc1. The first-order chi connectivity index (χ1) is 17.8. The Labute approximate surface area is 217 Å². The Balaban J connectivity index is 1.98. The van der Waals surface area contributed by atoms with Crippen molar-refractivity contribution in [2.45, 2.75) is 12.8 Å². The summed E-state index contributed by atoms with van der Waals surface area (Å²) >= 11 is 6.05. The summed E-state index contributed by atoms with van der Waals surface area (Å²) in [5, 5.41) is 21.0. The van der Waals surface area contributed by atoms with Gasteiger partial charge in [0.1, 0.15) is 18.9 Å². The summed E-state index contributed by atoms with van der Waals surface area (Å²) in [4.78, 5) is 47.3. The molecule has 2 rings (SSSR count). The summed E-state index contributed by atoms with van der Waals surface area (Å²) in [7, 11) is 0. The number of anilines is 1. The van der Waals surface area contributed by atoms with E-state index in [0.29, 0.717) is 5.69 Å². The van der Waals surface area contributed by atoms with Crippen LogP contribution in [0.5, 0.6) is 0 Å². The lowest BCUT2D eigenvalue weighted by Gasteiger charge is -2.09. The number of halogens is 1. The molecular weight excluding hydrogens is 506 g/mol. The lowest BCUT2D eigenvalue weighted by Crippen LogP contribution is -2.18. The predicted molar refractivity (Wildman–Crippen MR) is 133 cm³/mol. The van der Waals surface area contributed by atoms with Crippen molar-refractivity contribution in [1.29, 1.82) is 0 Å². The van der Waals surface area contributed by atoms with Gasteiger partial charge in [0, 0.05) is 11.8 Å². The van der Waals surface area contributed by atoms with Crippen LogP contribution >= 0.6 is 11.6 Å². The Morgan fingerprint density at radius 3 is 2.22 bits per heavy atom. The van der Waals surface area contributed by atoms with E-state index >= 15 is 0 Å². The largest absolute Gasteiger partial charge is 0.506 e. The van der Waals surface area contributed by atoms with E-state index < -0.39 is 41.9 Å². The van der Waals surface area contributed by atoms with E-state index in [0.717, 1.165) is 6.08 Å². The average Bonchev–Trinajstić information content (AvgIpc) is 2.90. The fourth-order valence-electron chi connectivity index (χ4n) is 2.51. The van der Waals surface area contributed by atoms with E-state index in [1.54, 1.807) is 54.6 Å². The maximum absolute atomic E-state index is 12.8. The number of carbonyl (C=O) groups is 4. The number of rotatable bonds is 13. The summed E-state index contributed by atoms with van der Waals surface area (Å²) in [5.41, 5.74) is 0.169. The number of carbonyl (C=O) groups excluding carboxylic acids is 4. The molecule has 0 radical (unpaired) electrons. The summed E-state index contributed by atoms with van der Waals surface area (Å²) < 4.78 is 14.4. The quantitative estimate of drug-likeness (QED) is 0.0964. The van der Waals surface area contributed by atoms with E-state index in [2.05, 4.69) is 26.9 Å². The molecule has 0 aliphatic rings. The molecule has 0 unspecified atom stereocenters. The molecule has 2 aromatic carbocycles. The number of nitrogens with one attached hydrogen (secondary N) is 1. The summed E-state index contributed by atoms with van der Waals surface area (Å²) in [6.45, 7) is 2.18. The Morgan fingerprint density at radius 1 is 0.919 bits per heavy atom. The van der Waals surface area contributed by atoms with Gasteiger partial charge in [0.15, 0.2) is 18.1 Å². The number of aliphatic hydroxyl groups is 1. The number of azo groups is 1. The molecule has 0 spiro atoms. The molecule has 2 N–H and O–H groups in total. The highest BCUT2D eigenvalue weighted by Gasteiger charge is 2.18. The number of para-hydroxylation sites is 1. The average molecular weight is 530 g/mol. The van der Waals surface area contributed by atoms with Crippen molar-refractivity contribution >= 4 is 46.8 Å². The van der Waals surface area contributed by atoms with Gasteiger partial charge < -0.3 is 24.6 Å². The molecule has 0 aliphatic carbocycles. The normalized spacial score (nSPS) is 11.3. The van der Waals surface area contributed by atoms with E-state index in [1.165, 1.54) is 0 Å². The third-order valence-corrected chi connectivity index (χ3v) is 4.61. The van der Waals surface area contributed by atoms with Gasteiger partial charge in [-0.25, -0.2) is 4.79 Å². The second-order valence-electron chi connectivity index (χ2n) is 7.02. The molecule has 0 bridgehead atoms. The molecular formula is C25H24ClN3O8. The number of esters is 3. The molecule has 11 nitrogen and oxygen atoms in total. The predicted octanol–water partition coefficient (Wildman–Crippen LogP) is 4.43. The molecule has 0 atom stereocenters. The lowest BCUT2D eigenvalue weighted by molar-refractivity contribution is -0.152. The van der Waals surface area contributed by atoms with Crippen LogP contribution < -0.4 is 5.32 Å². The number of aliphatic hydroxyl groups excluding tert-OH is 1. The van der Waals surface area contributed by atoms with Gasteiger partial charge in [-0.3, -0.25) is 14.4 Å². The third-order valence-electron chi connectivity index (χ3n) is 4.29. The number of ether oxygens (including phenoxy) is 3. The Morgan fingerprint density at radius 2 is 1.54 bits per heavy atom. The highest BCUT2D eigenvalue weighted by atomic mass is 35.5. The molecule has 0 heterocycles. The maximum Gasteiger partial charge on any atom is 0.330 e. The van der Waals surface area contributed by atoms with Crippen LogP contribution in [0, 0.1) is 0 Å². The highest BCUT2D eigenvalue weighted by Crippen LogP contribution is 2.25. The number of nitrogens with zero attached hydrogens (tertiary/aromatic N) is 2. The molecule has 0 saturated carbocycles. The zero-order valence-corrected chi connectivity index (χ0v) is 20.3. The van der Waals surface area contributed by atoms with E-state index in [9.17, 15) is 24.3 Å². The van der Waals surface area contributed by atoms with Gasteiger partial charge in [-0.05, 0) is 24.3 Å². The molecule has 12 heteroatoms. The second kappa shape index (κ2) is 15.5. The van der Waals surface area contributed by atoms with Gasteiger partial charge in [0.2, 0.25) is 0 Å². The van der Waals surface area contributed by atoms with Crippen LogP contribution in [0.25, 0.3) is 0 Å². The lowest BCUT2D eigenvalue weighted by atomic mass is 10.3. The zero-order chi connectivity index (χ0) is 27.0. The van der Waals surface area contributed by atoms with Crippen LogP contribution in [0.1, 0.15) is 12.8 Å². The fraction of sp³-hybridized carbons (Fsp3) is 0.200. The second-order valence-corrected chi connectivity index (χ2v) is 7.43. The molecule has 37 heavy (non-hydrogen) atoms. The fourth-order valence-corrected chi connectivity index (χ4v) is 2.68. The Hall–Kier alpha value is -4.51. The smallest absolute Gasteiger partial charge is 0.330 e. The van der Waals surface area contributed by atoms with Crippen LogP contribution in [0.2, 0.25) is 5.02 Å². The molecule has 2 aromatic rings. The van der Waals surface area contributed by atoms with Crippen LogP contribution in [0.4, 0.5) is 11.4 Å². The van der Waals surface area contributed by atoms with Gasteiger partial charge in [0.25, 0.3) is 5.91 Å². The number of hydrogen-bond acceptors (Lipinski definition) is 10. The van der Waals surface area contributed by atoms with Crippen molar-refractivity contribution in [2.75, 3.05) is 25.1 Å². The molecule has 1 amide bonds. The van der Waals surface area contributed by atoms with Crippen molar-refractivity contribution in [3.8, 4) is 0 Å². The number of hydrogen-bond donors (Lipinski definition) is 2. The molecule has 0 aromatic heterocycles. The van der Waals surface area contributed by atoms with Gasteiger partial charge in [-0.15, -0.1) is 10.2 Å². The maximum atomic E-state index is 12.8. The van der Waals surface area contributed by atoms with E-state index in [4.69, 9.17) is 21.1 Å².